The maximum atomic E-state index is 4.29. The van der Waals surface area contributed by atoms with Crippen molar-refractivity contribution in [2.75, 3.05) is 0 Å². The first kappa shape index (κ1) is 12.3. The molecule has 0 bridgehead atoms. The van der Waals surface area contributed by atoms with Crippen molar-refractivity contribution in [1.82, 2.24) is 0 Å². The van der Waals surface area contributed by atoms with E-state index in [-0.39, 0.29) is 37.7 Å². The molecule has 0 aromatic rings. The molecule has 1 fully saturated rings. The maximum absolute atomic E-state index is 4.29. The van der Waals surface area contributed by atoms with Crippen LogP contribution in [-0.4, -0.2) is 5.66 Å². The second kappa shape index (κ2) is 6.74. The van der Waals surface area contributed by atoms with Gasteiger partial charge in [0.2, 0.25) is 0 Å². The second-order valence-corrected chi connectivity index (χ2v) is 2.67. The largest absolute Gasteiger partial charge is 1.49 e. The van der Waals surface area contributed by atoms with Crippen LogP contribution in [0.1, 0.15) is 25.7 Å². The average molecular weight is 114 g/mol. The first-order valence-corrected chi connectivity index (χ1v) is 3.09. The SMILES string of the molecule is [Li+].[Li+].[P-2]C1CCCC1. The second-order valence-electron chi connectivity index (χ2n) is 1.94. The number of rotatable bonds is 0. The minimum atomic E-state index is 0. The molecule has 0 atom stereocenters. The topological polar surface area (TPSA) is 0 Å². The zero-order chi connectivity index (χ0) is 4.41. The normalized spacial score (nSPS) is 19.1. The molecule has 0 aromatic heterocycles. The molecule has 0 radical (unpaired) electrons. The van der Waals surface area contributed by atoms with Crippen LogP contribution in [0.4, 0.5) is 0 Å². The van der Waals surface area contributed by atoms with Gasteiger partial charge in [-0.2, -0.15) is 0 Å². The van der Waals surface area contributed by atoms with E-state index in [9.17, 15) is 0 Å². The molecule has 0 nitrogen and oxygen atoms in total. The fraction of sp³-hybridized carbons (Fsp3) is 1.00. The van der Waals surface area contributed by atoms with Crippen molar-refractivity contribution in [3.8, 4) is 0 Å². The maximum Gasteiger partial charge on any atom is 1.00 e. The van der Waals surface area contributed by atoms with Crippen LogP contribution < -0.4 is 37.7 Å². The van der Waals surface area contributed by atoms with E-state index in [4.69, 9.17) is 0 Å². The van der Waals surface area contributed by atoms with Crippen molar-refractivity contribution in [2.45, 2.75) is 31.3 Å². The van der Waals surface area contributed by atoms with Crippen molar-refractivity contribution >= 4 is 9.24 Å². The summed E-state index contributed by atoms with van der Waals surface area (Å²) in [6, 6.07) is 0. The van der Waals surface area contributed by atoms with Crippen LogP contribution >= 0.6 is 9.24 Å². The van der Waals surface area contributed by atoms with Gasteiger partial charge in [0.25, 0.3) is 0 Å². The molecule has 1 rings (SSSR count). The van der Waals surface area contributed by atoms with Crippen molar-refractivity contribution in [2.24, 2.45) is 0 Å². The van der Waals surface area contributed by atoms with Crippen LogP contribution in [0.25, 0.3) is 0 Å². The van der Waals surface area contributed by atoms with Gasteiger partial charge in [-0.15, -0.1) is 12.8 Å². The average Bonchev–Trinajstić information content (AvgIpc) is 1.86. The Balaban J connectivity index is 0. The third-order valence-electron chi connectivity index (χ3n) is 1.32. The van der Waals surface area contributed by atoms with E-state index < -0.39 is 0 Å². The summed E-state index contributed by atoms with van der Waals surface area (Å²) in [5.74, 6) is 0. The molecule has 0 saturated heterocycles. The summed E-state index contributed by atoms with van der Waals surface area (Å²) in [6.45, 7) is 0. The fourth-order valence-electron chi connectivity index (χ4n) is 0.904. The Hall–Kier alpha value is 1.62. The molecule has 8 heavy (non-hydrogen) atoms. The fourth-order valence-corrected chi connectivity index (χ4v) is 1.27. The van der Waals surface area contributed by atoms with Gasteiger partial charge in [0.1, 0.15) is 0 Å². The molecule has 0 N–H and O–H groups in total. The zero-order valence-corrected chi connectivity index (χ0v) is 6.75. The van der Waals surface area contributed by atoms with Gasteiger partial charge in [-0.3, -0.25) is 0 Å². The first-order valence-electron chi connectivity index (χ1n) is 2.57. The molecule has 1 saturated carbocycles. The summed E-state index contributed by atoms with van der Waals surface area (Å²) in [7, 11) is 4.29. The molecule has 36 valence electrons. The molecular formula is C5H9Li2P. The molecule has 0 amide bonds. The van der Waals surface area contributed by atoms with Gasteiger partial charge in [-0.25, -0.2) is 0 Å². The molecule has 1 aliphatic rings. The van der Waals surface area contributed by atoms with E-state index in [0.717, 1.165) is 5.66 Å². The summed E-state index contributed by atoms with van der Waals surface area (Å²) in [5.41, 5.74) is 0.741. The van der Waals surface area contributed by atoms with Gasteiger partial charge >= 0.3 is 37.7 Å². The van der Waals surface area contributed by atoms with E-state index in [2.05, 4.69) is 9.24 Å². The van der Waals surface area contributed by atoms with Gasteiger partial charge in [0.15, 0.2) is 0 Å². The van der Waals surface area contributed by atoms with Crippen molar-refractivity contribution in [3.63, 3.8) is 0 Å². The van der Waals surface area contributed by atoms with Crippen LogP contribution in [0.3, 0.4) is 0 Å². The van der Waals surface area contributed by atoms with Crippen LogP contribution in [0.5, 0.6) is 0 Å². The molecule has 0 aromatic carbocycles. The zero-order valence-electron chi connectivity index (χ0n) is 5.85. The van der Waals surface area contributed by atoms with Crippen LogP contribution in [0, 0.1) is 0 Å². The minimum Gasteiger partial charge on any atom is -1.49 e. The predicted molar refractivity (Wildman–Crippen MR) is 29.2 cm³/mol. The molecule has 1 aliphatic carbocycles. The van der Waals surface area contributed by atoms with Gasteiger partial charge < -0.3 is 14.9 Å². The first-order chi connectivity index (χ1) is 2.89. The Morgan fingerprint density at radius 1 is 1.00 bits per heavy atom. The monoisotopic (exact) mass is 114 g/mol. The van der Waals surface area contributed by atoms with Crippen LogP contribution in [0.15, 0.2) is 0 Å². The molecule has 3 heteroatoms. The molecule has 0 unspecified atom stereocenters. The third kappa shape index (κ3) is 4.50. The van der Waals surface area contributed by atoms with Gasteiger partial charge in [-0.1, -0.05) is 12.8 Å². The summed E-state index contributed by atoms with van der Waals surface area (Å²) >= 11 is 0. The Kier molecular flexibility index (Phi) is 10.4. The van der Waals surface area contributed by atoms with E-state index in [1.165, 1.54) is 25.7 Å². The van der Waals surface area contributed by atoms with E-state index in [1.807, 2.05) is 0 Å². The third-order valence-corrected chi connectivity index (χ3v) is 1.84. The number of hydrogen-bond donors (Lipinski definition) is 0. The Morgan fingerprint density at radius 2 is 1.38 bits per heavy atom. The minimum absolute atomic E-state index is 0. The van der Waals surface area contributed by atoms with E-state index in [1.54, 1.807) is 0 Å². The Bertz CT molecular complexity index is 43.7. The van der Waals surface area contributed by atoms with Crippen molar-refractivity contribution in [1.29, 1.82) is 0 Å². The molecule has 0 aliphatic heterocycles. The molecule has 0 spiro atoms. The smallest absolute Gasteiger partial charge is 1.00 e. The summed E-state index contributed by atoms with van der Waals surface area (Å²) in [5, 5.41) is 0. The summed E-state index contributed by atoms with van der Waals surface area (Å²) in [4.78, 5) is 0. The van der Waals surface area contributed by atoms with Crippen LogP contribution in [0.2, 0.25) is 0 Å². The quantitative estimate of drug-likeness (QED) is 0.225. The molecular weight excluding hydrogens is 105 g/mol. The number of hydrogen-bond acceptors (Lipinski definition) is 0. The Morgan fingerprint density at radius 3 is 1.50 bits per heavy atom. The Labute approximate surface area is 78.1 Å². The van der Waals surface area contributed by atoms with Gasteiger partial charge in [0, 0.05) is 0 Å². The standard InChI is InChI=1S/C5H9P.2Li/c6-5-3-1-2-4-5;;/h5H,1-4H2;;/q-2;2*+1. The molecule has 0 heterocycles. The van der Waals surface area contributed by atoms with Crippen molar-refractivity contribution < 1.29 is 37.7 Å². The van der Waals surface area contributed by atoms with Crippen molar-refractivity contribution in [3.05, 3.63) is 0 Å². The summed E-state index contributed by atoms with van der Waals surface area (Å²) < 4.78 is 0. The van der Waals surface area contributed by atoms with E-state index >= 15 is 0 Å². The summed E-state index contributed by atoms with van der Waals surface area (Å²) in [6.07, 6.45) is 5.52. The van der Waals surface area contributed by atoms with Gasteiger partial charge in [-0.05, 0) is 0 Å². The van der Waals surface area contributed by atoms with Gasteiger partial charge in [0.05, 0.1) is 0 Å². The predicted octanol–water partition coefficient (Wildman–Crippen LogP) is -3.65. The van der Waals surface area contributed by atoms with Crippen LogP contribution in [-0.2, 0) is 0 Å². The van der Waals surface area contributed by atoms with E-state index in [0.29, 0.717) is 0 Å².